The number of nitrogens with one attached hydrogen (secondary N) is 2. The number of fused-ring (bicyclic) bond motifs is 1. The first-order valence-electron chi connectivity index (χ1n) is 9.41. The molecule has 1 aromatic heterocycles. The van der Waals surface area contributed by atoms with E-state index >= 15 is 0 Å². The highest BCUT2D eigenvalue weighted by atomic mass is 32.2. The Balaban J connectivity index is 1.31. The molecule has 1 amide bonds. The highest BCUT2D eigenvalue weighted by Gasteiger charge is 2.07. The molecule has 1 heterocycles. The summed E-state index contributed by atoms with van der Waals surface area (Å²) >= 11 is 1.62. The van der Waals surface area contributed by atoms with E-state index in [1.165, 1.54) is 12.1 Å². The monoisotopic (exact) mass is 405 g/mol. The third-order valence-electron chi connectivity index (χ3n) is 4.44. The topological polar surface area (TPSA) is 57.8 Å². The van der Waals surface area contributed by atoms with Gasteiger partial charge in [-0.25, -0.2) is 9.37 Å². The molecule has 0 saturated heterocycles. The van der Waals surface area contributed by atoms with Crippen LogP contribution in [0.3, 0.4) is 0 Å². The summed E-state index contributed by atoms with van der Waals surface area (Å²) in [6.45, 7) is 0. The zero-order valence-electron chi connectivity index (χ0n) is 15.7. The summed E-state index contributed by atoms with van der Waals surface area (Å²) in [6, 6.07) is 21.9. The Hall–Kier alpha value is -3.12. The van der Waals surface area contributed by atoms with Crippen LogP contribution in [0.2, 0.25) is 0 Å². The van der Waals surface area contributed by atoms with Crippen molar-refractivity contribution < 1.29 is 9.18 Å². The Morgan fingerprint density at radius 1 is 1.03 bits per heavy atom. The minimum absolute atomic E-state index is 0.0218. The van der Waals surface area contributed by atoms with Gasteiger partial charge in [0.15, 0.2) is 0 Å². The molecule has 0 aliphatic rings. The second kappa shape index (κ2) is 8.92. The van der Waals surface area contributed by atoms with Crippen molar-refractivity contribution >= 4 is 34.4 Å². The zero-order chi connectivity index (χ0) is 20.1. The molecule has 0 aliphatic heterocycles. The van der Waals surface area contributed by atoms with Gasteiger partial charge in [-0.3, -0.25) is 4.79 Å². The predicted octanol–water partition coefficient (Wildman–Crippen LogP) is 5.88. The number of nitrogens with zero attached hydrogens (tertiary/aromatic N) is 1. The fraction of sp³-hybridized carbons (Fsp3) is 0.130. The Kier molecular flexibility index (Phi) is 5.91. The SMILES string of the molecule is O=C(CCCSc1ccc(F)cc1)Nc1cccc(-c2nc3ccccc3[nH]2)c1. The Morgan fingerprint density at radius 2 is 1.86 bits per heavy atom. The molecule has 29 heavy (non-hydrogen) atoms. The number of aromatic nitrogens is 2. The van der Waals surface area contributed by atoms with Gasteiger partial charge in [0.05, 0.1) is 11.0 Å². The van der Waals surface area contributed by atoms with E-state index in [0.29, 0.717) is 6.42 Å². The first-order chi connectivity index (χ1) is 14.2. The number of hydrogen-bond acceptors (Lipinski definition) is 3. The van der Waals surface area contributed by atoms with Gasteiger partial charge in [0.2, 0.25) is 5.91 Å². The van der Waals surface area contributed by atoms with Gasteiger partial charge in [-0.1, -0.05) is 24.3 Å². The van der Waals surface area contributed by atoms with Crippen LogP contribution < -0.4 is 5.32 Å². The van der Waals surface area contributed by atoms with Gasteiger partial charge in [0, 0.05) is 22.6 Å². The van der Waals surface area contributed by atoms with Crippen LogP contribution in [0.15, 0.2) is 77.7 Å². The van der Waals surface area contributed by atoms with Gasteiger partial charge in [-0.15, -0.1) is 11.8 Å². The fourth-order valence-electron chi connectivity index (χ4n) is 3.01. The highest BCUT2D eigenvalue weighted by molar-refractivity contribution is 7.99. The van der Waals surface area contributed by atoms with Crippen LogP contribution >= 0.6 is 11.8 Å². The maximum Gasteiger partial charge on any atom is 0.224 e. The molecular weight excluding hydrogens is 385 g/mol. The highest BCUT2D eigenvalue weighted by Crippen LogP contribution is 2.23. The molecule has 0 spiro atoms. The molecule has 6 heteroatoms. The summed E-state index contributed by atoms with van der Waals surface area (Å²) in [5.41, 5.74) is 3.57. The van der Waals surface area contributed by atoms with Gasteiger partial charge in [-0.05, 0) is 60.7 Å². The third kappa shape index (κ3) is 5.03. The van der Waals surface area contributed by atoms with Crippen molar-refractivity contribution in [3.8, 4) is 11.4 Å². The first kappa shape index (κ1) is 19.2. The Labute approximate surface area is 172 Å². The molecule has 0 saturated carbocycles. The normalized spacial score (nSPS) is 10.9. The average Bonchev–Trinajstić information content (AvgIpc) is 3.17. The lowest BCUT2D eigenvalue weighted by Crippen LogP contribution is -2.11. The van der Waals surface area contributed by atoms with E-state index in [4.69, 9.17) is 0 Å². The van der Waals surface area contributed by atoms with Crippen molar-refractivity contribution in [2.45, 2.75) is 17.7 Å². The molecule has 0 atom stereocenters. The standard InChI is InChI=1S/C23H20FN3OS/c24-17-10-12-19(13-11-17)29-14-4-9-22(28)25-18-6-3-5-16(15-18)23-26-20-7-1-2-8-21(20)27-23/h1-3,5-8,10-13,15H,4,9,14H2,(H,25,28)(H,26,27). The summed E-state index contributed by atoms with van der Waals surface area (Å²) in [6.07, 6.45) is 1.18. The average molecular weight is 405 g/mol. The Bertz CT molecular complexity index is 1090. The maximum absolute atomic E-state index is 12.9. The van der Waals surface area contributed by atoms with Crippen LogP contribution in [0.25, 0.3) is 22.4 Å². The van der Waals surface area contributed by atoms with E-state index in [1.54, 1.807) is 23.9 Å². The molecule has 3 aromatic carbocycles. The zero-order valence-corrected chi connectivity index (χ0v) is 16.5. The molecule has 146 valence electrons. The largest absolute Gasteiger partial charge is 0.338 e. The van der Waals surface area contributed by atoms with Crippen LogP contribution in [0.5, 0.6) is 0 Å². The molecular formula is C23H20FN3OS. The smallest absolute Gasteiger partial charge is 0.224 e. The van der Waals surface area contributed by atoms with Crippen LogP contribution in [0.1, 0.15) is 12.8 Å². The summed E-state index contributed by atoms with van der Waals surface area (Å²) in [5, 5.41) is 2.95. The fourth-order valence-corrected chi connectivity index (χ4v) is 3.86. The number of imidazole rings is 1. The van der Waals surface area contributed by atoms with E-state index in [9.17, 15) is 9.18 Å². The molecule has 4 nitrogen and oxygen atoms in total. The number of H-pyrrole nitrogens is 1. The summed E-state index contributed by atoms with van der Waals surface area (Å²) in [7, 11) is 0. The lowest BCUT2D eigenvalue weighted by Gasteiger charge is -2.07. The van der Waals surface area contributed by atoms with Crippen molar-refractivity contribution in [1.29, 1.82) is 0 Å². The molecule has 0 fully saturated rings. The van der Waals surface area contributed by atoms with Gasteiger partial charge in [-0.2, -0.15) is 0 Å². The molecule has 0 aliphatic carbocycles. The van der Waals surface area contributed by atoms with Crippen LogP contribution in [-0.4, -0.2) is 21.6 Å². The molecule has 4 rings (SSSR count). The number of carbonyl (C=O) groups excluding carboxylic acids is 1. The number of thioether (sulfide) groups is 1. The molecule has 0 unspecified atom stereocenters. The van der Waals surface area contributed by atoms with Crippen molar-refractivity contribution in [3.63, 3.8) is 0 Å². The van der Waals surface area contributed by atoms with E-state index in [1.807, 2.05) is 48.5 Å². The number of aromatic amines is 1. The molecule has 4 aromatic rings. The van der Waals surface area contributed by atoms with Crippen molar-refractivity contribution in [2.24, 2.45) is 0 Å². The number of hydrogen-bond donors (Lipinski definition) is 2. The lowest BCUT2D eigenvalue weighted by atomic mass is 10.2. The number of amides is 1. The molecule has 2 N–H and O–H groups in total. The van der Waals surface area contributed by atoms with E-state index < -0.39 is 0 Å². The Morgan fingerprint density at radius 3 is 2.69 bits per heavy atom. The second-order valence-corrected chi connectivity index (χ2v) is 7.81. The van der Waals surface area contributed by atoms with Gasteiger partial charge in [0.1, 0.15) is 11.6 Å². The van der Waals surface area contributed by atoms with Crippen molar-refractivity contribution in [1.82, 2.24) is 9.97 Å². The van der Waals surface area contributed by atoms with E-state index in [-0.39, 0.29) is 11.7 Å². The molecule has 0 radical (unpaired) electrons. The minimum atomic E-state index is -0.237. The third-order valence-corrected chi connectivity index (χ3v) is 5.54. The van der Waals surface area contributed by atoms with Crippen LogP contribution in [0.4, 0.5) is 10.1 Å². The summed E-state index contributed by atoms with van der Waals surface area (Å²) in [5.74, 6) is 1.32. The van der Waals surface area contributed by atoms with Crippen molar-refractivity contribution in [3.05, 3.63) is 78.6 Å². The summed E-state index contributed by atoms with van der Waals surface area (Å²) in [4.78, 5) is 21.2. The number of benzene rings is 3. The van der Waals surface area contributed by atoms with E-state index in [0.717, 1.165) is 45.2 Å². The predicted molar refractivity (Wildman–Crippen MR) is 117 cm³/mol. The number of carbonyl (C=O) groups is 1. The molecule has 0 bridgehead atoms. The van der Waals surface area contributed by atoms with Crippen LogP contribution in [0, 0.1) is 5.82 Å². The number of anilines is 1. The maximum atomic E-state index is 12.9. The number of rotatable bonds is 7. The number of para-hydroxylation sites is 2. The van der Waals surface area contributed by atoms with E-state index in [2.05, 4.69) is 15.3 Å². The van der Waals surface area contributed by atoms with Crippen LogP contribution in [-0.2, 0) is 4.79 Å². The second-order valence-electron chi connectivity index (χ2n) is 6.64. The number of halogens is 1. The van der Waals surface area contributed by atoms with Crippen molar-refractivity contribution in [2.75, 3.05) is 11.1 Å². The first-order valence-corrected chi connectivity index (χ1v) is 10.4. The quantitative estimate of drug-likeness (QED) is 0.298. The van der Waals surface area contributed by atoms with Gasteiger partial charge < -0.3 is 10.3 Å². The lowest BCUT2D eigenvalue weighted by molar-refractivity contribution is -0.116. The van der Waals surface area contributed by atoms with Gasteiger partial charge in [0.25, 0.3) is 0 Å². The minimum Gasteiger partial charge on any atom is -0.338 e. The van der Waals surface area contributed by atoms with Gasteiger partial charge >= 0.3 is 0 Å². The summed E-state index contributed by atoms with van der Waals surface area (Å²) < 4.78 is 12.9.